The molecule has 0 atom stereocenters. The van der Waals surface area contributed by atoms with Gasteiger partial charge < -0.3 is 9.30 Å². The van der Waals surface area contributed by atoms with Crippen LogP contribution in [0.5, 0.6) is 5.75 Å². The van der Waals surface area contributed by atoms with Crippen molar-refractivity contribution < 1.29 is 13.2 Å². The molecule has 0 saturated carbocycles. The molecule has 6 heteroatoms. The normalized spacial score (nSPS) is 11.5. The number of aryl methyl sites for hydroxylation is 2. The van der Waals surface area contributed by atoms with Crippen LogP contribution in [-0.2, 0) is 10.0 Å². The van der Waals surface area contributed by atoms with E-state index in [1.807, 2.05) is 25.3 Å². The maximum atomic E-state index is 11.6. The van der Waals surface area contributed by atoms with Crippen LogP contribution in [0, 0.1) is 13.8 Å². The van der Waals surface area contributed by atoms with Crippen LogP contribution < -0.4 is 9.88 Å². The SMILES string of the molecule is COc1ccc(-c2c(C)cccc2-c2cc(C)cn2-c2ccc(S(N)(=O)=O)cc2)cc1. The highest BCUT2D eigenvalue weighted by Gasteiger charge is 2.16. The Morgan fingerprint density at radius 2 is 1.58 bits per heavy atom. The molecule has 158 valence electrons. The third-order valence-corrected chi connectivity index (χ3v) is 6.26. The minimum Gasteiger partial charge on any atom is -0.497 e. The minimum atomic E-state index is -3.73. The van der Waals surface area contributed by atoms with E-state index in [2.05, 4.69) is 47.9 Å². The molecule has 0 aliphatic rings. The van der Waals surface area contributed by atoms with Gasteiger partial charge >= 0.3 is 0 Å². The van der Waals surface area contributed by atoms with E-state index >= 15 is 0 Å². The fraction of sp³-hybridized carbons (Fsp3) is 0.120. The molecule has 1 heterocycles. The van der Waals surface area contributed by atoms with Crippen molar-refractivity contribution in [2.75, 3.05) is 7.11 Å². The lowest BCUT2D eigenvalue weighted by molar-refractivity contribution is 0.415. The summed E-state index contributed by atoms with van der Waals surface area (Å²) in [7, 11) is -2.07. The van der Waals surface area contributed by atoms with Crippen LogP contribution in [-0.4, -0.2) is 20.1 Å². The van der Waals surface area contributed by atoms with Gasteiger partial charge in [0.1, 0.15) is 5.75 Å². The summed E-state index contributed by atoms with van der Waals surface area (Å²) in [6, 6.07) is 23.0. The zero-order valence-corrected chi connectivity index (χ0v) is 18.5. The molecular formula is C25H24N2O3S. The first kappa shape index (κ1) is 20.9. The van der Waals surface area contributed by atoms with Crippen LogP contribution in [0.3, 0.4) is 0 Å². The molecule has 4 rings (SSSR count). The van der Waals surface area contributed by atoms with E-state index in [1.54, 1.807) is 19.2 Å². The van der Waals surface area contributed by atoms with Gasteiger partial charge in [0, 0.05) is 17.4 Å². The Balaban J connectivity index is 1.88. The molecule has 31 heavy (non-hydrogen) atoms. The van der Waals surface area contributed by atoms with Crippen molar-refractivity contribution in [2.24, 2.45) is 5.14 Å². The summed E-state index contributed by atoms with van der Waals surface area (Å²) in [5.41, 5.74) is 7.49. The smallest absolute Gasteiger partial charge is 0.238 e. The minimum absolute atomic E-state index is 0.0937. The van der Waals surface area contributed by atoms with Gasteiger partial charge in [-0.25, -0.2) is 13.6 Å². The number of ether oxygens (including phenoxy) is 1. The maximum absolute atomic E-state index is 11.6. The standard InChI is InChI=1S/C25H24N2O3S/c1-17-15-24(27(16-17)20-9-13-22(14-10-20)31(26,28)29)23-6-4-5-18(2)25(23)19-7-11-21(30-3)12-8-19/h4-16H,1-3H3,(H2,26,28,29). The lowest BCUT2D eigenvalue weighted by Crippen LogP contribution is -2.12. The molecule has 0 saturated heterocycles. The topological polar surface area (TPSA) is 74.3 Å². The highest BCUT2D eigenvalue weighted by atomic mass is 32.2. The second kappa shape index (κ2) is 8.06. The first-order valence-electron chi connectivity index (χ1n) is 9.84. The molecule has 0 radical (unpaired) electrons. The largest absolute Gasteiger partial charge is 0.497 e. The van der Waals surface area contributed by atoms with E-state index in [4.69, 9.17) is 9.88 Å². The Morgan fingerprint density at radius 3 is 2.19 bits per heavy atom. The van der Waals surface area contributed by atoms with Crippen molar-refractivity contribution >= 4 is 10.0 Å². The summed E-state index contributed by atoms with van der Waals surface area (Å²) in [6.45, 7) is 4.14. The first-order valence-corrected chi connectivity index (χ1v) is 11.4. The number of aromatic nitrogens is 1. The second-order valence-electron chi connectivity index (χ2n) is 7.54. The average molecular weight is 433 g/mol. The van der Waals surface area contributed by atoms with E-state index in [0.29, 0.717) is 0 Å². The maximum Gasteiger partial charge on any atom is 0.238 e. The molecule has 0 spiro atoms. The van der Waals surface area contributed by atoms with Crippen LogP contribution >= 0.6 is 0 Å². The number of nitrogens with zero attached hydrogens (tertiary/aromatic N) is 1. The van der Waals surface area contributed by atoms with E-state index in [9.17, 15) is 8.42 Å². The Labute approximate surface area is 182 Å². The Hall–Kier alpha value is -3.35. The summed E-state index contributed by atoms with van der Waals surface area (Å²) in [4.78, 5) is 0.0937. The molecule has 0 bridgehead atoms. The average Bonchev–Trinajstić information content (AvgIpc) is 3.15. The van der Waals surface area contributed by atoms with E-state index in [-0.39, 0.29) is 4.90 Å². The highest BCUT2D eigenvalue weighted by Crippen LogP contribution is 2.37. The van der Waals surface area contributed by atoms with Gasteiger partial charge in [0.2, 0.25) is 10.0 Å². The van der Waals surface area contributed by atoms with Crippen molar-refractivity contribution in [1.82, 2.24) is 4.57 Å². The number of hydrogen-bond donors (Lipinski definition) is 1. The van der Waals surface area contributed by atoms with Crippen LogP contribution in [0.4, 0.5) is 0 Å². The zero-order chi connectivity index (χ0) is 22.2. The molecule has 0 unspecified atom stereocenters. The lowest BCUT2D eigenvalue weighted by atomic mass is 9.93. The summed E-state index contributed by atoms with van der Waals surface area (Å²) >= 11 is 0. The summed E-state index contributed by atoms with van der Waals surface area (Å²) < 4.78 is 30.6. The molecular weight excluding hydrogens is 408 g/mol. The third-order valence-electron chi connectivity index (χ3n) is 5.33. The lowest BCUT2D eigenvalue weighted by Gasteiger charge is -2.16. The van der Waals surface area contributed by atoms with E-state index < -0.39 is 10.0 Å². The second-order valence-corrected chi connectivity index (χ2v) is 9.10. The van der Waals surface area contributed by atoms with Gasteiger partial charge in [0.15, 0.2) is 0 Å². The summed E-state index contributed by atoms with van der Waals surface area (Å²) in [5, 5.41) is 5.25. The zero-order valence-electron chi connectivity index (χ0n) is 17.7. The van der Waals surface area contributed by atoms with Crippen molar-refractivity contribution in [3.8, 4) is 33.8 Å². The van der Waals surface area contributed by atoms with Crippen LogP contribution in [0.2, 0.25) is 0 Å². The van der Waals surface area contributed by atoms with Gasteiger partial charge in [-0.3, -0.25) is 0 Å². The third kappa shape index (κ3) is 4.13. The van der Waals surface area contributed by atoms with Crippen molar-refractivity contribution in [1.29, 1.82) is 0 Å². The van der Waals surface area contributed by atoms with Crippen LogP contribution in [0.1, 0.15) is 11.1 Å². The molecule has 0 aliphatic carbocycles. The number of sulfonamides is 1. The number of methoxy groups -OCH3 is 1. The van der Waals surface area contributed by atoms with Gasteiger partial charge in [0.25, 0.3) is 0 Å². The number of benzene rings is 3. The molecule has 0 fully saturated rings. The summed E-state index contributed by atoms with van der Waals surface area (Å²) in [5.74, 6) is 0.813. The van der Waals surface area contributed by atoms with Crippen molar-refractivity contribution in [3.63, 3.8) is 0 Å². The van der Waals surface area contributed by atoms with Crippen LogP contribution in [0.15, 0.2) is 83.9 Å². The first-order chi connectivity index (χ1) is 14.8. The molecule has 2 N–H and O–H groups in total. The fourth-order valence-corrected chi connectivity index (χ4v) is 4.35. The van der Waals surface area contributed by atoms with Gasteiger partial charge in [-0.15, -0.1) is 0 Å². The Kier molecular flexibility index (Phi) is 5.43. The predicted molar refractivity (Wildman–Crippen MR) is 124 cm³/mol. The molecule has 0 aliphatic heterocycles. The number of rotatable bonds is 5. The number of nitrogens with two attached hydrogens (primary N) is 1. The molecule has 1 aromatic heterocycles. The molecule has 4 aromatic rings. The summed E-state index contributed by atoms with van der Waals surface area (Å²) in [6.07, 6.45) is 2.04. The Morgan fingerprint density at radius 1 is 0.903 bits per heavy atom. The number of hydrogen-bond acceptors (Lipinski definition) is 3. The molecule has 5 nitrogen and oxygen atoms in total. The van der Waals surface area contributed by atoms with Crippen molar-refractivity contribution in [3.05, 3.63) is 90.1 Å². The van der Waals surface area contributed by atoms with Crippen molar-refractivity contribution in [2.45, 2.75) is 18.7 Å². The van der Waals surface area contributed by atoms with Gasteiger partial charge in [-0.2, -0.15) is 0 Å². The fourth-order valence-electron chi connectivity index (χ4n) is 3.84. The van der Waals surface area contributed by atoms with E-state index in [1.165, 1.54) is 12.1 Å². The number of primary sulfonamides is 1. The van der Waals surface area contributed by atoms with Crippen LogP contribution in [0.25, 0.3) is 28.1 Å². The highest BCUT2D eigenvalue weighted by molar-refractivity contribution is 7.89. The van der Waals surface area contributed by atoms with Gasteiger partial charge in [-0.05, 0) is 78.6 Å². The van der Waals surface area contributed by atoms with E-state index in [0.717, 1.165) is 44.9 Å². The molecule has 3 aromatic carbocycles. The predicted octanol–water partition coefficient (Wildman–Crippen LogP) is 5.08. The Bertz CT molecular complexity index is 1340. The monoisotopic (exact) mass is 432 g/mol. The molecule has 0 amide bonds. The van der Waals surface area contributed by atoms with Gasteiger partial charge in [0.05, 0.1) is 17.7 Å². The quantitative estimate of drug-likeness (QED) is 0.478. The van der Waals surface area contributed by atoms with Gasteiger partial charge in [-0.1, -0.05) is 30.3 Å².